The number of thioether (sulfide) groups is 1. The Morgan fingerprint density at radius 2 is 2.41 bits per heavy atom. The lowest BCUT2D eigenvalue weighted by Gasteiger charge is -2.14. The second kappa shape index (κ2) is 5.61. The van der Waals surface area contributed by atoms with Gasteiger partial charge in [0, 0.05) is 13.1 Å². The summed E-state index contributed by atoms with van der Waals surface area (Å²) in [5.74, 6) is 0.327. The van der Waals surface area contributed by atoms with E-state index in [-0.39, 0.29) is 11.8 Å². The van der Waals surface area contributed by atoms with E-state index >= 15 is 0 Å². The molecule has 0 radical (unpaired) electrons. The molecule has 0 atom stereocenters. The van der Waals surface area contributed by atoms with E-state index in [1.54, 1.807) is 6.07 Å². The molecule has 4 nitrogen and oxygen atoms in total. The fraction of sp³-hybridized carbons (Fsp3) is 0.300. The van der Waals surface area contributed by atoms with Gasteiger partial charge in [-0.15, -0.1) is 11.3 Å². The van der Waals surface area contributed by atoms with Crippen LogP contribution in [0.15, 0.2) is 17.5 Å². The molecular formula is C10H10N2O2S3. The van der Waals surface area contributed by atoms with Crippen LogP contribution < -0.4 is 5.32 Å². The normalized spacial score (nSPS) is 15.4. The van der Waals surface area contributed by atoms with Gasteiger partial charge in [-0.3, -0.25) is 14.5 Å². The Kier molecular flexibility index (Phi) is 4.14. The van der Waals surface area contributed by atoms with Crippen molar-refractivity contribution >= 4 is 51.5 Å². The van der Waals surface area contributed by atoms with Gasteiger partial charge in [0.15, 0.2) is 0 Å². The summed E-state index contributed by atoms with van der Waals surface area (Å²) in [6.07, 6.45) is 0. The average molecular weight is 286 g/mol. The summed E-state index contributed by atoms with van der Waals surface area (Å²) in [7, 11) is 0. The van der Waals surface area contributed by atoms with Gasteiger partial charge >= 0.3 is 0 Å². The molecule has 0 spiro atoms. The van der Waals surface area contributed by atoms with Crippen LogP contribution in [0.25, 0.3) is 0 Å². The lowest BCUT2D eigenvalue weighted by Crippen LogP contribution is -2.37. The summed E-state index contributed by atoms with van der Waals surface area (Å²) in [6, 6.07) is 3.59. The Bertz CT molecular complexity index is 428. The molecule has 0 saturated carbocycles. The zero-order chi connectivity index (χ0) is 12.3. The molecule has 1 N–H and O–H groups in total. The molecule has 17 heavy (non-hydrogen) atoms. The van der Waals surface area contributed by atoms with Crippen molar-refractivity contribution in [1.82, 2.24) is 10.2 Å². The van der Waals surface area contributed by atoms with E-state index in [0.717, 1.165) is 0 Å². The van der Waals surface area contributed by atoms with Crippen molar-refractivity contribution in [1.29, 1.82) is 0 Å². The second-order valence-corrected chi connectivity index (χ2v) is 5.89. The number of amides is 2. The van der Waals surface area contributed by atoms with E-state index in [4.69, 9.17) is 12.2 Å². The number of nitrogens with zero attached hydrogens (tertiary/aromatic N) is 1. The maximum Gasteiger partial charge on any atom is 0.261 e. The topological polar surface area (TPSA) is 49.4 Å². The fourth-order valence-corrected chi connectivity index (χ4v) is 3.13. The predicted molar refractivity (Wildman–Crippen MR) is 73.4 cm³/mol. The fourth-order valence-electron chi connectivity index (χ4n) is 1.37. The van der Waals surface area contributed by atoms with E-state index in [0.29, 0.717) is 28.0 Å². The van der Waals surface area contributed by atoms with E-state index < -0.39 is 0 Å². The van der Waals surface area contributed by atoms with Crippen molar-refractivity contribution in [3.8, 4) is 0 Å². The van der Waals surface area contributed by atoms with Crippen molar-refractivity contribution < 1.29 is 9.59 Å². The summed E-state index contributed by atoms with van der Waals surface area (Å²) in [5.41, 5.74) is 0. The number of nitrogens with one attached hydrogen (secondary N) is 1. The first-order valence-electron chi connectivity index (χ1n) is 4.97. The lowest BCUT2D eigenvalue weighted by molar-refractivity contribution is -0.123. The van der Waals surface area contributed by atoms with Crippen LogP contribution in [0.3, 0.4) is 0 Å². The molecular weight excluding hydrogens is 276 g/mol. The predicted octanol–water partition coefficient (Wildman–Crippen LogP) is 1.34. The Balaban J connectivity index is 1.78. The molecule has 1 aromatic rings. The number of hydrogen-bond acceptors (Lipinski definition) is 5. The summed E-state index contributed by atoms with van der Waals surface area (Å²) >= 11 is 7.79. The number of hydrogen-bond donors (Lipinski definition) is 1. The van der Waals surface area contributed by atoms with Gasteiger partial charge in [0.1, 0.15) is 4.32 Å². The van der Waals surface area contributed by atoms with Crippen molar-refractivity contribution in [2.24, 2.45) is 0 Å². The highest BCUT2D eigenvalue weighted by Crippen LogP contribution is 2.18. The van der Waals surface area contributed by atoms with E-state index in [1.165, 1.54) is 28.0 Å². The molecule has 1 fully saturated rings. The van der Waals surface area contributed by atoms with Crippen molar-refractivity contribution in [2.45, 2.75) is 0 Å². The van der Waals surface area contributed by atoms with Gasteiger partial charge in [0.25, 0.3) is 5.91 Å². The molecule has 1 aliphatic heterocycles. The summed E-state index contributed by atoms with van der Waals surface area (Å²) < 4.78 is 0.598. The minimum Gasteiger partial charge on any atom is -0.350 e. The Morgan fingerprint density at radius 1 is 1.59 bits per heavy atom. The Hall–Kier alpha value is -0.920. The quantitative estimate of drug-likeness (QED) is 0.849. The second-order valence-electron chi connectivity index (χ2n) is 3.33. The highest BCUT2D eigenvalue weighted by atomic mass is 32.2. The standard InChI is InChI=1S/C10H10N2O2S3/c13-8-6-17-10(15)12(8)4-3-11-9(14)7-2-1-5-16-7/h1-2,5H,3-4,6H2,(H,11,14). The largest absolute Gasteiger partial charge is 0.350 e. The molecule has 90 valence electrons. The highest BCUT2D eigenvalue weighted by Gasteiger charge is 2.25. The smallest absolute Gasteiger partial charge is 0.261 e. The van der Waals surface area contributed by atoms with E-state index in [1.807, 2.05) is 11.4 Å². The zero-order valence-corrected chi connectivity index (χ0v) is 11.3. The number of thiocarbonyl (C=S) groups is 1. The number of rotatable bonds is 4. The van der Waals surface area contributed by atoms with Crippen molar-refractivity contribution in [3.05, 3.63) is 22.4 Å². The molecule has 2 rings (SSSR count). The van der Waals surface area contributed by atoms with E-state index in [2.05, 4.69) is 5.32 Å². The van der Waals surface area contributed by atoms with Crippen LogP contribution in [-0.4, -0.2) is 39.9 Å². The molecule has 0 bridgehead atoms. The maximum absolute atomic E-state index is 11.6. The third-order valence-electron chi connectivity index (χ3n) is 2.21. The van der Waals surface area contributed by atoms with Gasteiger partial charge in [-0.25, -0.2) is 0 Å². The third-order valence-corrected chi connectivity index (χ3v) is 4.51. The van der Waals surface area contributed by atoms with Gasteiger partial charge in [-0.05, 0) is 11.4 Å². The number of carbonyl (C=O) groups is 2. The van der Waals surface area contributed by atoms with Crippen LogP contribution >= 0.6 is 35.3 Å². The van der Waals surface area contributed by atoms with Crippen LogP contribution in [0.4, 0.5) is 0 Å². The van der Waals surface area contributed by atoms with Gasteiger partial charge in [0.05, 0.1) is 10.6 Å². The first-order valence-corrected chi connectivity index (χ1v) is 7.24. The third kappa shape index (κ3) is 3.05. The summed E-state index contributed by atoms with van der Waals surface area (Å²) in [6.45, 7) is 0.866. The van der Waals surface area contributed by atoms with Gasteiger partial charge < -0.3 is 5.32 Å². The molecule has 7 heteroatoms. The molecule has 1 saturated heterocycles. The van der Waals surface area contributed by atoms with Crippen LogP contribution in [0.5, 0.6) is 0 Å². The van der Waals surface area contributed by atoms with Gasteiger partial charge in [-0.2, -0.15) is 0 Å². The monoisotopic (exact) mass is 286 g/mol. The highest BCUT2D eigenvalue weighted by molar-refractivity contribution is 8.23. The van der Waals surface area contributed by atoms with Crippen LogP contribution in [0, 0.1) is 0 Å². The van der Waals surface area contributed by atoms with E-state index in [9.17, 15) is 9.59 Å². The minimum absolute atomic E-state index is 0.0189. The molecule has 0 unspecified atom stereocenters. The zero-order valence-electron chi connectivity index (χ0n) is 8.84. The van der Waals surface area contributed by atoms with Crippen molar-refractivity contribution in [3.63, 3.8) is 0 Å². The first kappa shape index (κ1) is 12.5. The Labute approximate surface area is 112 Å². The molecule has 1 aromatic heterocycles. The molecule has 2 heterocycles. The van der Waals surface area contributed by atoms with Crippen LogP contribution in [0.2, 0.25) is 0 Å². The SMILES string of the molecule is O=C(NCCN1C(=O)CSC1=S)c1cccs1. The van der Waals surface area contributed by atoms with Crippen LogP contribution in [0.1, 0.15) is 9.67 Å². The van der Waals surface area contributed by atoms with Crippen LogP contribution in [-0.2, 0) is 4.79 Å². The Morgan fingerprint density at radius 3 is 3.00 bits per heavy atom. The molecule has 0 aromatic carbocycles. The summed E-state index contributed by atoms with van der Waals surface area (Å²) in [5, 5.41) is 4.61. The van der Waals surface area contributed by atoms with Crippen molar-refractivity contribution in [2.75, 3.05) is 18.8 Å². The lowest BCUT2D eigenvalue weighted by atomic mass is 10.4. The molecule has 0 aliphatic carbocycles. The number of thiophene rings is 1. The van der Waals surface area contributed by atoms with Gasteiger partial charge in [0.2, 0.25) is 5.91 Å². The average Bonchev–Trinajstić information content (AvgIpc) is 2.93. The molecule has 1 aliphatic rings. The minimum atomic E-state index is -0.106. The summed E-state index contributed by atoms with van der Waals surface area (Å²) in [4.78, 5) is 25.2. The maximum atomic E-state index is 11.6. The first-order chi connectivity index (χ1) is 8.18. The molecule has 2 amide bonds. The number of carbonyl (C=O) groups excluding carboxylic acids is 2. The van der Waals surface area contributed by atoms with Gasteiger partial charge in [-0.1, -0.05) is 30.0 Å².